The van der Waals surface area contributed by atoms with Crippen LogP contribution in [0.25, 0.3) is 16.7 Å². The van der Waals surface area contributed by atoms with Crippen molar-refractivity contribution >= 4 is 32.9 Å². The fourth-order valence-electron chi connectivity index (χ4n) is 2.29. The van der Waals surface area contributed by atoms with Gasteiger partial charge in [0, 0.05) is 4.47 Å². The van der Waals surface area contributed by atoms with Gasteiger partial charge >= 0.3 is 0 Å². The van der Waals surface area contributed by atoms with Gasteiger partial charge in [0.1, 0.15) is 5.75 Å². The summed E-state index contributed by atoms with van der Waals surface area (Å²) in [5, 5.41) is 0. The Bertz CT molecular complexity index is 795. The number of nitrogens with two attached hydrogens (primary N) is 1. The summed E-state index contributed by atoms with van der Waals surface area (Å²) in [6, 6.07) is 11.9. The Morgan fingerprint density at radius 3 is 2.75 bits per heavy atom. The monoisotopic (exact) mass is 331 g/mol. The maximum Gasteiger partial charge on any atom is 0.206 e. The van der Waals surface area contributed by atoms with Gasteiger partial charge in [-0.2, -0.15) is 0 Å². The molecule has 3 rings (SSSR count). The molecule has 0 atom stereocenters. The molecule has 0 unspecified atom stereocenters. The number of nitrogens with zero attached hydrogens (tertiary/aromatic N) is 2. The Kier molecular flexibility index (Phi) is 3.14. The van der Waals surface area contributed by atoms with E-state index >= 15 is 0 Å². The van der Waals surface area contributed by atoms with Gasteiger partial charge in [0.05, 0.1) is 23.8 Å². The Morgan fingerprint density at radius 1 is 1.20 bits per heavy atom. The molecule has 0 spiro atoms. The molecule has 4 nitrogen and oxygen atoms in total. The standard InChI is InChI=1S/C15H14BrN3O/c1-9-3-5-11-12(7-9)19(15(17)18-11)13-8-10(16)4-6-14(13)20-2/h3-8H,1-2H3,(H2,17,18). The summed E-state index contributed by atoms with van der Waals surface area (Å²) >= 11 is 3.48. The summed E-state index contributed by atoms with van der Waals surface area (Å²) in [5.41, 5.74) is 9.96. The minimum absolute atomic E-state index is 0.446. The molecular weight excluding hydrogens is 318 g/mol. The molecule has 0 amide bonds. The second-order valence-electron chi connectivity index (χ2n) is 4.61. The van der Waals surface area contributed by atoms with Gasteiger partial charge in [-0.15, -0.1) is 0 Å². The number of aryl methyl sites for hydroxylation is 1. The molecule has 0 aliphatic carbocycles. The van der Waals surface area contributed by atoms with Gasteiger partial charge in [-0.05, 0) is 42.8 Å². The van der Waals surface area contributed by atoms with E-state index in [9.17, 15) is 0 Å². The van der Waals surface area contributed by atoms with Gasteiger partial charge in [-0.3, -0.25) is 4.57 Å². The number of fused-ring (bicyclic) bond motifs is 1. The fraction of sp³-hybridized carbons (Fsp3) is 0.133. The zero-order valence-corrected chi connectivity index (χ0v) is 12.8. The predicted octanol–water partition coefficient (Wildman–Crippen LogP) is 3.69. The lowest BCUT2D eigenvalue weighted by molar-refractivity contribution is 0.413. The van der Waals surface area contributed by atoms with E-state index in [0.717, 1.165) is 32.5 Å². The van der Waals surface area contributed by atoms with Crippen LogP contribution in [-0.4, -0.2) is 16.7 Å². The Balaban J connectivity index is 2.37. The van der Waals surface area contributed by atoms with Crippen LogP contribution in [0, 0.1) is 6.92 Å². The molecule has 2 N–H and O–H groups in total. The van der Waals surface area contributed by atoms with Crippen molar-refractivity contribution < 1.29 is 4.74 Å². The summed E-state index contributed by atoms with van der Waals surface area (Å²) in [5.74, 6) is 1.20. The van der Waals surface area contributed by atoms with Crippen molar-refractivity contribution in [2.45, 2.75) is 6.92 Å². The average molecular weight is 332 g/mol. The van der Waals surface area contributed by atoms with Gasteiger partial charge in [-0.25, -0.2) is 4.98 Å². The highest BCUT2D eigenvalue weighted by atomic mass is 79.9. The van der Waals surface area contributed by atoms with Crippen molar-refractivity contribution in [3.05, 3.63) is 46.4 Å². The lowest BCUT2D eigenvalue weighted by atomic mass is 10.2. The van der Waals surface area contributed by atoms with Crippen molar-refractivity contribution in [3.63, 3.8) is 0 Å². The largest absolute Gasteiger partial charge is 0.495 e. The van der Waals surface area contributed by atoms with Crippen LogP contribution in [0.15, 0.2) is 40.9 Å². The fourth-order valence-corrected chi connectivity index (χ4v) is 2.64. The van der Waals surface area contributed by atoms with Crippen LogP contribution in [0.5, 0.6) is 5.75 Å². The van der Waals surface area contributed by atoms with Crippen molar-refractivity contribution in [1.29, 1.82) is 0 Å². The second kappa shape index (κ2) is 4.83. The molecule has 102 valence electrons. The van der Waals surface area contributed by atoms with Gasteiger partial charge < -0.3 is 10.5 Å². The number of rotatable bonds is 2. The summed E-state index contributed by atoms with van der Waals surface area (Å²) in [6.45, 7) is 2.05. The van der Waals surface area contributed by atoms with Crippen LogP contribution in [0.1, 0.15) is 5.56 Å². The van der Waals surface area contributed by atoms with Crippen molar-refractivity contribution in [1.82, 2.24) is 9.55 Å². The lowest BCUT2D eigenvalue weighted by Crippen LogP contribution is -2.03. The van der Waals surface area contributed by atoms with E-state index < -0.39 is 0 Å². The number of nitrogen functional groups attached to an aromatic ring is 1. The third-order valence-corrected chi connectivity index (χ3v) is 3.71. The molecule has 1 aromatic heterocycles. The molecule has 0 bridgehead atoms. The molecular formula is C15H14BrN3O. The maximum atomic E-state index is 6.09. The summed E-state index contributed by atoms with van der Waals surface area (Å²) in [4.78, 5) is 4.41. The van der Waals surface area contributed by atoms with Crippen molar-refractivity contribution in [3.8, 4) is 11.4 Å². The van der Waals surface area contributed by atoms with Crippen LogP contribution in [0.2, 0.25) is 0 Å². The molecule has 0 radical (unpaired) electrons. The average Bonchev–Trinajstić information content (AvgIpc) is 2.74. The predicted molar refractivity (Wildman–Crippen MR) is 84.5 cm³/mol. The molecule has 2 aromatic carbocycles. The summed E-state index contributed by atoms with van der Waals surface area (Å²) < 4.78 is 8.30. The second-order valence-corrected chi connectivity index (χ2v) is 5.53. The van der Waals surface area contributed by atoms with Gasteiger partial charge in [-0.1, -0.05) is 22.0 Å². The highest BCUT2D eigenvalue weighted by Gasteiger charge is 2.14. The number of aromatic nitrogens is 2. The summed E-state index contributed by atoms with van der Waals surface area (Å²) in [6.07, 6.45) is 0. The van der Waals surface area contributed by atoms with Gasteiger partial charge in [0.25, 0.3) is 0 Å². The Morgan fingerprint density at radius 2 is 2.00 bits per heavy atom. The number of halogens is 1. The normalized spacial score (nSPS) is 10.9. The van der Waals surface area contributed by atoms with Crippen LogP contribution < -0.4 is 10.5 Å². The van der Waals surface area contributed by atoms with E-state index in [1.54, 1.807) is 7.11 Å². The van der Waals surface area contributed by atoms with E-state index in [1.165, 1.54) is 0 Å². The minimum Gasteiger partial charge on any atom is -0.495 e. The van der Waals surface area contributed by atoms with Crippen LogP contribution in [0.4, 0.5) is 5.95 Å². The van der Waals surface area contributed by atoms with Gasteiger partial charge in [0.2, 0.25) is 5.95 Å². The van der Waals surface area contributed by atoms with Crippen LogP contribution >= 0.6 is 15.9 Å². The first-order valence-corrected chi connectivity index (χ1v) is 6.98. The zero-order chi connectivity index (χ0) is 14.3. The van der Waals surface area contributed by atoms with Crippen LogP contribution in [0.3, 0.4) is 0 Å². The number of hydrogen-bond donors (Lipinski definition) is 1. The van der Waals surface area contributed by atoms with Crippen molar-refractivity contribution in [2.75, 3.05) is 12.8 Å². The number of methoxy groups -OCH3 is 1. The highest BCUT2D eigenvalue weighted by molar-refractivity contribution is 9.10. The smallest absolute Gasteiger partial charge is 0.206 e. The first-order chi connectivity index (χ1) is 9.60. The maximum absolute atomic E-state index is 6.09. The third-order valence-electron chi connectivity index (χ3n) is 3.22. The number of benzene rings is 2. The van der Waals surface area contributed by atoms with E-state index in [1.807, 2.05) is 41.8 Å². The van der Waals surface area contributed by atoms with E-state index in [2.05, 4.69) is 27.0 Å². The summed E-state index contributed by atoms with van der Waals surface area (Å²) in [7, 11) is 1.65. The SMILES string of the molecule is COc1ccc(Br)cc1-n1c(N)nc2ccc(C)cc21. The number of hydrogen-bond acceptors (Lipinski definition) is 3. The molecule has 0 saturated carbocycles. The number of ether oxygens (including phenoxy) is 1. The van der Waals surface area contributed by atoms with E-state index in [4.69, 9.17) is 10.5 Å². The molecule has 3 aromatic rings. The quantitative estimate of drug-likeness (QED) is 0.779. The molecule has 0 saturated heterocycles. The Hall–Kier alpha value is -2.01. The van der Waals surface area contributed by atoms with Crippen LogP contribution in [-0.2, 0) is 0 Å². The molecule has 1 heterocycles. The molecule has 5 heteroatoms. The molecule has 20 heavy (non-hydrogen) atoms. The first kappa shape index (κ1) is 13.0. The topological polar surface area (TPSA) is 53.1 Å². The van der Waals surface area contributed by atoms with E-state index in [-0.39, 0.29) is 0 Å². The number of anilines is 1. The molecule has 0 aliphatic rings. The highest BCUT2D eigenvalue weighted by Crippen LogP contribution is 2.32. The molecule has 0 fully saturated rings. The first-order valence-electron chi connectivity index (χ1n) is 6.18. The number of imidazole rings is 1. The minimum atomic E-state index is 0.446. The van der Waals surface area contributed by atoms with E-state index in [0.29, 0.717) is 5.95 Å². The third kappa shape index (κ3) is 2.04. The lowest BCUT2D eigenvalue weighted by Gasteiger charge is -2.12. The van der Waals surface area contributed by atoms with Crippen molar-refractivity contribution in [2.24, 2.45) is 0 Å². The Labute approximate surface area is 125 Å². The molecule has 0 aliphatic heterocycles. The zero-order valence-electron chi connectivity index (χ0n) is 11.2. The van der Waals surface area contributed by atoms with Gasteiger partial charge in [0.15, 0.2) is 0 Å².